The van der Waals surface area contributed by atoms with Gasteiger partial charge in [0.15, 0.2) is 17.3 Å². The fraction of sp³-hybridized carbons (Fsp3) is 0.526. The highest BCUT2D eigenvalue weighted by Gasteiger charge is 2.39. The van der Waals surface area contributed by atoms with Gasteiger partial charge >= 0.3 is 0 Å². The molecule has 0 aliphatic carbocycles. The summed E-state index contributed by atoms with van der Waals surface area (Å²) < 4.78 is 37.9. The van der Waals surface area contributed by atoms with E-state index in [1.165, 1.54) is 32.4 Å². The summed E-state index contributed by atoms with van der Waals surface area (Å²) in [6.45, 7) is 4.32. The molecule has 0 saturated carbocycles. The lowest BCUT2D eigenvalue weighted by Crippen LogP contribution is -2.49. The van der Waals surface area contributed by atoms with Gasteiger partial charge in [0.05, 0.1) is 25.7 Å². The summed E-state index contributed by atoms with van der Waals surface area (Å²) in [5, 5.41) is 2.96. The second-order valence-corrected chi connectivity index (χ2v) is 8.28. The molecule has 1 fully saturated rings. The van der Waals surface area contributed by atoms with Gasteiger partial charge in [0.1, 0.15) is 6.04 Å². The number of amides is 1. The van der Waals surface area contributed by atoms with Gasteiger partial charge < -0.3 is 14.8 Å². The first-order valence-electron chi connectivity index (χ1n) is 9.18. The topological polar surface area (TPSA) is 102 Å². The Balaban J connectivity index is 2.51. The van der Waals surface area contributed by atoms with Crippen LogP contribution in [0.3, 0.4) is 0 Å². The molecule has 1 N–H and O–H groups in total. The highest BCUT2D eigenvalue weighted by molar-refractivity contribution is 7.89. The molecule has 1 saturated heterocycles. The third kappa shape index (κ3) is 4.82. The van der Waals surface area contributed by atoms with E-state index < -0.39 is 22.0 Å². The average molecular weight is 412 g/mol. The lowest BCUT2D eigenvalue weighted by molar-refractivity contribution is -0.133. The molecule has 8 nitrogen and oxygen atoms in total. The van der Waals surface area contributed by atoms with Crippen LogP contribution in [0.2, 0.25) is 0 Å². The number of Topliss-reactive ketones (excluding diaryl/α,β-unsaturated/α-hetero) is 1. The average Bonchev–Trinajstić information content (AvgIpc) is 2.90. The minimum Gasteiger partial charge on any atom is -0.493 e. The Morgan fingerprint density at radius 1 is 1.29 bits per heavy atom. The quantitative estimate of drug-likeness (QED) is 0.692. The smallest absolute Gasteiger partial charge is 0.267 e. The van der Waals surface area contributed by atoms with Gasteiger partial charge in [-0.15, -0.1) is 0 Å². The van der Waals surface area contributed by atoms with Gasteiger partial charge in [-0.05, 0) is 37.9 Å². The van der Waals surface area contributed by atoms with E-state index in [0.717, 1.165) is 4.31 Å². The second kappa shape index (κ2) is 9.88. The Kier molecular flexibility index (Phi) is 7.82. The highest BCUT2D eigenvalue weighted by atomic mass is 32.2. The number of nitrogens with zero attached hydrogens (tertiary/aromatic N) is 1. The van der Waals surface area contributed by atoms with Gasteiger partial charge in [-0.25, -0.2) is 12.7 Å². The first-order chi connectivity index (χ1) is 13.4. The molecule has 1 radical (unpaired) electrons. The molecule has 1 aliphatic heterocycles. The number of methoxy groups -OCH3 is 2. The predicted molar refractivity (Wildman–Crippen MR) is 104 cm³/mol. The van der Waals surface area contributed by atoms with E-state index in [0.29, 0.717) is 31.6 Å². The van der Waals surface area contributed by atoms with Crippen LogP contribution in [0.15, 0.2) is 23.1 Å². The monoisotopic (exact) mass is 411 g/mol. The zero-order valence-electron chi connectivity index (χ0n) is 16.3. The number of benzene rings is 1. The molecular formula is C19H27N2O6S. The number of ether oxygens (including phenoxy) is 2. The number of carbonyl (C=O) groups excluding carboxylic acids is 2. The van der Waals surface area contributed by atoms with Crippen LogP contribution in [0.1, 0.15) is 32.1 Å². The van der Waals surface area contributed by atoms with E-state index in [1.54, 1.807) is 0 Å². The summed E-state index contributed by atoms with van der Waals surface area (Å²) in [6, 6.07) is 3.08. The van der Waals surface area contributed by atoms with Crippen LogP contribution in [-0.4, -0.2) is 57.8 Å². The van der Waals surface area contributed by atoms with Crippen LogP contribution in [0, 0.1) is 6.92 Å². The zero-order chi connectivity index (χ0) is 20.7. The van der Waals surface area contributed by atoms with E-state index in [4.69, 9.17) is 9.47 Å². The summed E-state index contributed by atoms with van der Waals surface area (Å²) in [4.78, 5) is 25.3. The van der Waals surface area contributed by atoms with Crippen LogP contribution >= 0.6 is 0 Å². The van der Waals surface area contributed by atoms with Crippen molar-refractivity contribution in [2.24, 2.45) is 0 Å². The summed E-state index contributed by atoms with van der Waals surface area (Å²) >= 11 is 0. The highest BCUT2D eigenvalue weighted by Crippen LogP contribution is 2.32. The molecule has 2 rings (SSSR count). The van der Waals surface area contributed by atoms with E-state index in [1.807, 2.05) is 0 Å². The minimum absolute atomic E-state index is 0.00717. The molecule has 1 amide bonds. The first kappa shape index (κ1) is 22.2. The van der Waals surface area contributed by atoms with Gasteiger partial charge in [-0.2, -0.15) is 0 Å². The van der Waals surface area contributed by atoms with Crippen molar-refractivity contribution >= 4 is 21.7 Å². The molecule has 155 valence electrons. The largest absolute Gasteiger partial charge is 0.493 e. The summed E-state index contributed by atoms with van der Waals surface area (Å²) in [5.74, 6) is -0.322. The predicted octanol–water partition coefficient (Wildman–Crippen LogP) is 1.55. The van der Waals surface area contributed by atoms with Crippen molar-refractivity contribution in [3.63, 3.8) is 0 Å². The summed E-state index contributed by atoms with van der Waals surface area (Å²) in [5.41, 5.74) is 0. The second-order valence-electron chi connectivity index (χ2n) is 6.47. The molecule has 1 unspecified atom stereocenters. The van der Waals surface area contributed by atoms with Crippen LogP contribution in [0.4, 0.5) is 0 Å². The van der Waals surface area contributed by atoms with Crippen molar-refractivity contribution < 1.29 is 27.5 Å². The normalized spacial score (nSPS) is 17.7. The number of ketones is 1. The lowest BCUT2D eigenvalue weighted by atomic mass is 10.1. The molecule has 9 heteroatoms. The maximum Gasteiger partial charge on any atom is 0.267 e. The van der Waals surface area contributed by atoms with Crippen molar-refractivity contribution in [2.45, 2.75) is 43.0 Å². The van der Waals surface area contributed by atoms with Gasteiger partial charge in [-0.3, -0.25) is 9.59 Å². The number of unbranched alkanes of at least 4 members (excludes halogenated alkanes) is 1. The van der Waals surface area contributed by atoms with E-state index >= 15 is 0 Å². The molecule has 1 heterocycles. The van der Waals surface area contributed by atoms with Crippen molar-refractivity contribution in [3.05, 3.63) is 25.1 Å². The van der Waals surface area contributed by atoms with Crippen LogP contribution in [-0.2, 0) is 19.6 Å². The van der Waals surface area contributed by atoms with Gasteiger partial charge in [-0.1, -0.05) is 13.3 Å². The number of carbonyl (C=O) groups is 2. The van der Waals surface area contributed by atoms with Crippen molar-refractivity contribution in [1.29, 1.82) is 0 Å². The summed E-state index contributed by atoms with van der Waals surface area (Å²) in [6.07, 6.45) is 1.82. The zero-order valence-corrected chi connectivity index (χ0v) is 17.1. The molecular weight excluding hydrogens is 384 g/mol. The van der Waals surface area contributed by atoms with Crippen molar-refractivity contribution in [1.82, 2.24) is 9.62 Å². The van der Waals surface area contributed by atoms with Crippen LogP contribution in [0.5, 0.6) is 11.5 Å². The molecule has 28 heavy (non-hydrogen) atoms. The SMILES string of the molecule is [CH2]CCCC(=O)N(C1CCCNCC1=O)S(=O)(=O)c1ccc(OC)c(OC)c1. The molecule has 0 spiro atoms. The first-order valence-corrected chi connectivity index (χ1v) is 10.6. The number of sulfonamides is 1. The number of nitrogens with one attached hydrogen (secondary N) is 1. The van der Waals surface area contributed by atoms with Crippen LogP contribution < -0.4 is 14.8 Å². The third-order valence-corrected chi connectivity index (χ3v) is 6.41. The third-order valence-electron chi connectivity index (χ3n) is 4.58. The van der Waals surface area contributed by atoms with Gasteiger partial charge in [0.2, 0.25) is 5.91 Å². The fourth-order valence-electron chi connectivity index (χ4n) is 3.11. The Morgan fingerprint density at radius 2 is 2.00 bits per heavy atom. The van der Waals surface area contributed by atoms with E-state index in [2.05, 4.69) is 12.2 Å². The number of hydrogen-bond donors (Lipinski definition) is 1. The Morgan fingerprint density at radius 3 is 2.64 bits per heavy atom. The summed E-state index contributed by atoms with van der Waals surface area (Å²) in [7, 11) is -1.42. The standard InChI is InChI=1S/C19H27N2O6S/c1-4-5-8-19(23)21(15-7-6-11-20-13-16(15)22)28(24,25)14-9-10-17(26-2)18(12-14)27-3/h9-10,12,15,20H,1,4-8,11,13H2,2-3H3. The van der Waals surface area contributed by atoms with Crippen molar-refractivity contribution in [2.75, 3.05) is 27.3 Å². The number of hydrogen-bond acceptors (Lipinski definition) is 7. The van der Waals surface area contributed by atoms with Gasteiger partial charge in [0.25, 0.3) is 10.0 Å². The Labute approximate surface area is 166 Å². The molecule has 1 aromatic carbocycles. The van der Waals surface area contributed by atoms with E-state index in [-0.39, 0.29) is 35.8 Å². The Hall–Kier alpha value is -2.13. The molecule has 1 aliphatic rings. The lowest BCUT2D eigenvalue weighted by Gasteiger charge is -2.29. The minimum atomic E-state index is -4.26. The molecule has 1 atom stereocenters. The molecule has 1 aromatic rings. The molecule has 0 aromatic heterocycles. The van der Waals surface area contributed by atoms with E-state index in [9.17, 15) is 18.0 Å². The molecule has 0 bridgehead atoms. The fourth-order valence-corrected chi connectivity index (χ4v) is 4.75. The maximum atomic E-state index is 13.4. The number of rotatable bonds is 8. The van der Waals surface area contributed by atoms with Gasteiger partial charge in [0, 0.05) is 12.5 Å². The Bertz CT molecular complexity index is 809. The van der Waals surface area contributed by atoms with Crippen molar-refractivity contribution in [3.8, 4) is 11.5 Å². The maximum absolute atomic E-state index is 13.4. The van der Waals surface area contributed by atoms with Crippen LogP contribution in [0.25, 0.3) is 0 Å².